The van der Waals surface area contributed by atoms with Crippen LogP contribution in [0.15, 0.2) is 48.5 Å². The van der Waals surface area contributed by atoms with Gasteiger partial charge in [0.25, 0.3) is 5.91 Å². The van der Waals surface area contributed by atoms with E-state index in [0.29, 0.717) is 5.56 Å². The summed E-state index contributed by atoms with van der Waals surface area (Å²) < 4.78 is 0. The van der Waals surface area contributed by atoms with Crippen LogP contribution in [0.3, 0.4) is 0 Å². The number of aryl methyl sites for hydroxylation is 1. The van der Waals surface area contributed by atoms with E-state index in [9.17, 15) is 14.4 Å². The molecule has 1 atom stereocenters. The number of likely N-dealkylation sites (tertiary alicyclic amines) is 1. The normalized spacial score (nSPS) is 15.2. The van der Waals surface area contributed by atoms with Gasteiger partial charge in [-0.3, -0.25) is 19.3 Å². The third-order valence-electron chi connectivity index (χ3n) is 4.71. The van der Waals surface area contributed by atoms with Gasteiger partial charge in [0.1, 0.15) is 0 Å². The minimum Gasteiger partial charge on any atom is -0.346 e. The first-order valence-corrected chi connectivity index (χ1v) is 8.74. The molecule has 5 heteroatoms. The average Bonchev–Trinajstić information content (AvgIpc) is 2.94. The molecule has 0 bridgehead atoms. The van der Waals surface area contributed by atoms with Gasteiger partial charge in [0.05, 0.1) is 12.6 Å². The van der Waals surface area contributed by atoms with Crippen molar-refractivity contribution in [3.63, 3.8) is 0 Å². The van der Waals surface area contributed by atoms with Crippen LogP contribution >= 0.6 is 0 Å². The summed E-state index contributed by atoms with van der Waals surface area (Å²) in [6, 6.07) is 14.9. The maximum atomic E-state index is 12.5. The third-order valence-corrected chi connectivity index (χ3v) is 4.71. The second kappa shape index (κ2) is 7.52. The zero-order chi connectivity index (χ0) is 18.7. The minimum absolute atomic E-state index is 0.0942. The maximum Gasteiger partial charge on any atom is 0.251 e. The van der Waals surface area contributed by atoms with E-state index in [-0.39, 0.29) is 43.1 Å². The Labute approximate surface area is 153 Å². The summed E-state index contributed by atoms with van der Waals surface area (Å²) in [5.74, 6) is -0.423. The first-order valence-electron chi connectivity index (χ1n) is 8.74. The number of amides is 3. The summed E-state index contributed by atoms with van der Waals surface area (Å²) in [7, 11) is 0. The molecule has 3 rings (SSSR count). The van der Waals surface area contributed by atoms with Crippen LogP contribution in [0.5, 0.6) is 0 Å². The largest absolute Gasteiger partial charge is 0.346 e. The molecule has 1 saturated heterocycles. The topological polar surface area (TPSA) is 66.5 Å². The highest BCUT2D eigenvalue weighted by Crippen LogP contribution is 2.18. The quantitative estimate of drug-likeness (QED) is 0.843. The van der Waals surface area contributed by atoms with Gasteiger partial charge in [0.15, 0.2) is 0 Å². The standard InChI is InChI=1S/C21H22N2O3/c1-14-5-3-4-6-18(14)15(2)22-21(26)17-9-7-16(8-10-17)13-23-19(24)11-12-20(23)25/h3-10,15H,11-13H2,1-2H3,(H,22,26). The fourth-order valence-corrected chi connectivity index (χ4v) is 3.17. The molecule has 0 saturated carbocycles. The zero-order valence-electron chi connectivity index (χ0n) is 15.0. The second-order valence-electron chi connectivity index (χ2n) is 6.62. The lowest BCUT2D eigenvalue weighted by atomic mass is 10.0. The molecular weight excluding hydrogens is 328 g/mol. The smallest absolute Gasteiger partial charge is 0.251 e. The highest BCUT2D eigenvalue weighted by Gasteiger charge is 2.28. The lowest BCUT2D eigenvalue weighted by Crippen LogP contribution is -2.28. The Hall–Kier alpha value is -2.95. The predicted octanol–water partition coefficient (Wildman–Crippen LogP) is 3.14. The highest BCUT2D eigenvalue weighted by atomic mass is 16.2. The van der Waals surface area contributed by atoms with E-state index in [4.69, 9.17) is 0 Å². The van der Waals surface area contributed by atoms with E-state index < -0.39 is 0 Å². The van der Waals surface area contributed by atoms with Gasteiger partial charge in [-0.25, -0.2) is 0 Å². The molecule has 0 radical (unpaired) electrons. The summed E-state index contributed by atoms with van der Waals surface area (Å²) in [6.07, 6.45) is 0.576. The van der Waals surface area contributed by atoms with Crippen molar-refractivity contribution in [3.8, 4) is 0 Å². The minimum atomic E-state index is -0.152. The van der Waals surface area contributed by atoms with E-state index in [0.717, 1.165) is 16.7 Å². The van der Waals surface area contributed by atoms with Gasteiger partial charge in [-0.2, -0.15) is 0 Å². The Morgan fingerprint density at radius 1 is 1.04 bits per heavy atom. The summed E-state index contributed by atoms with van der Waals surface area (Å²) in [4.78, 5) is 37.1. The van der Waals surface area contributed by atoms with Gasteiger partial charge < -0.3 is 5.32 Å². The van der Waals surface area contributed by atoms with Gasteiger partial charge in [0.2, 0.25) is 11.8 Å². The number of benzene rings is 2. The number of imide groups is 1. The van der Waals surface area contributed by atoms with Crippen molar-refractivity contribution in [3.05, 3.63) is 70.8 Å². The molecule has 0 aromatic heterocycles. The molecule has 1 aliphatic heterocycles. The molecule has 0 spiro atoms. The van der Waals surface area contributed by atoms with Crippen molar-refractivity contribution in [1.82, 2.24) is 10.2 Å². The van der Waals surface area contributed by atoms with Gasteiger partial charge in [0, 0.05) is 18.4 Å². The van der Waals surface area contributed by atoms with Crippen LogP contribution in [0.1, 0.15) is 52.9 Å². The molecule has 2 aromatic rings. The van der Waals surface area contributed by atoms with E-state index >= 15 is 0 Å². The number of carbonyl (C=O) groups excluding carboxylic acids is 3. The molecule has 1 aliphatic rings. The molecule has 5 nitrogen and oxygen atoms in total. The van der Waals surface area contributed by atoms with Crippen LogP contribution in [-0.2, 0) is 16.1 Å². The Kier molecular flexibility index (Phi) is 5.16. The molecule has 1 fully saturated rings. The van der Waals surface area contributed by atoms with Crippen LogP contribution < -0.4 is 5.32 Å². The van der Waals surface area contributed by atoms with E-state index in [2.05, 4.69) is 5.32 Å². The Morgan fingerprint density at radius 3 is 2.27 bits per heavy atom. The van der Waals surface area contributed by atoms with Gasteiger partial charge >= 0.3 is 0 Å². The highest BCUT2D eigenvalue weighted by molar-refractivity contribution is 6.01. The lowest BCUT2D eigenvalue weighted by Gasteiger charge is -2.17. The lowest BCUT2D eigenvalue weighted by molar-refractivity contribution is -0.139. The molecule has 1 heterocycles. The first kappa shape index (κ1) is 17.9. The monoisotopic (exact) mass is 350 g/mol. The molecule has 134 valence electrons. The maximum absolute atomic E-state index is 12.5. The van der Waals surface area contributed by atoms with Gasteiger partial charge in [-0.1, -0.05) is 36.4 Å². The zero-order valence-corrected chi connectivity index (χ0v) is 15.0. The number of nitrogens with zero attached hydrogens (tertiary/aromatic N) is 1. The van der Waals surface area contributed by atoms with Crippen molar-refractivity contribution in [2.45, 2.75) is 39.3 Å². The van der Waals surface area contributed by atoms with Gasteiger partial charge in [-0.05, 0) is 42.7 Å². The molecule has 1 N–H and O–H groups in total. The summed E-state index contributed by atoms with van der Waals surface area (Å²) in [6.45, 7) is 4.24. The number of rotatable bonds is 5. The Morgan fingerprint density at radius 2 is 1.65 bits per heavy atom. The predicted molar refractivity (Wildman–Crippen MR) is 98.3 cm³/mol. The second-order valence-corrected chi connectivity index (χ2v) is 6.62. The van der Waals surface area contributed by atoms with Crippen molar-refractivity contribution in [2.75, 3.05) is 0 Å². The SMILES string of the molecule is Cc1ccccc1C(C)NC(=O)c1ccc(CN2C(=O)CCC2=O)cc1. The fourth-order valence-electron chi connectivity index (χ4n) is 3.17. The summed E-state index contributed by atoms with van der Waals surface area (Å²) >= 11 is 0. The molecule has 2 aromatic carbocycles. The number of nitrogens with one attached hydrogen (secondary N) is 1. The third kappa shape index (κ3) is 3.82. The van der Waals surface area contributed by atoms with Crippen LogP contribution in [0.25, 0.3) is 0 Å². The molecule has 0 aliphatic carbocycles. The average molecular weight is 350 g/mol. The van der Waals surface area contributed by atoms with Crippen molar-refractivity contribution < 1.29 is 14.4 Å². The van der Waals surface area contributed by atoms with Crippen LogP contribution in [0.2, 0.25) is 0 Å². The first-order chi connectivity index (χ1) is 12.5. The van der Waals surface area contributed by atoms with E-state index in [1.807, 2.05) is 38.1 Å². The number of hydrogen-bond acceptors (Lipinski definition) is 3. The van der Waals surface area contributed by atoms with E-state index in [1.165, 1.54) is 4.90 Å². The summed E-state index contributed by atoms with van der Waals surface area (Å²) in [5.41, 5.74) is 3.60. The van der Waals surface area contributed by atoms with Gasteiger partial charge in [-0.15, -0.1) is 0 Å². The molecule has 3 amide bonds. The molecule has 1 unspecified atom stereocenters. The fraction of sp³-hybridized carbons (Fsp3) is 0.286. The van der Waals surface area contributed by atoms with Crippen molar-refractivity contribution >= 4 is 17.7 Å². The van der Waals surface area contributed by atoms with Crippen LogP contribution in [0.4, 0.5) is 0 Å². The molecule has 26 heavy (non-hydrogen) atoms. The van der Waals surface area contributed by atoms with Crippen molar-refractivity contribution in [2.24, 2.45) is 0 Å². The van der Waals surface area contributed by atoms with Crippen LogP contribution in [-0.4, -0.2) is 22.6 Å². The Balaban J connectivity index is 1.64. The number of carbonyl (C=O) groups is 3. The Bertz CT molecular complexity index is 827. The van der Waals surface area contributed by atoms with E-state index in [1.54, 1.807) is 24.3 Å². The van der Waals surface area contributed by atoms with Crippen molar-refractivity contribution in [1.29, 1.82) is 0 Å². The molecular formula is C21H22N2O3. The summed E-state index contributed by atoms with van der Waals surface area (Å²) in [5, 5.41) is 3.00. The van der Waals surface area contributed by atoms with Crippen LogP contribution in [0, 0.1) is 6.92 Å². The number of hydrogen-bond donors (Lipinski definition) is 1.